The SMILES string of the molecule is Cc1cc2nsnc2cc1Nc1ncc2c(n1)n(C1CC[Si](C)(O)C1)c(=O)n2C. The number of hydrogen-bond acceptors (Lipinski definition) is 8. The van der Waals surface area contributed by atoms with Crippen molar-refractivity contribution in [1.29, 1.82) is 0 Å². The number of fused-ring (bicyclic) bond motifs is 2. The van der Waals surface area contributed by atoms with Gasteiger partial charge in [-0.2, -0.15) is 13.7 Å². The van der Waals surface area contributed by atoms with Crippen molar-refractivity contribution in [2.75, 3.05) is 5.32 Å². The van der Waals surface area contributed by atoms with Gasteiger partial charge in [0.1, 0.15) is 16.6 Å². The molecule has 150 valence electrons. The fourth-order valence-electron chi connectivity index (χ4n) is 4.13. The van der Waals surface area contributed by atoms with Crippen LogP contribution in [0.3, 0.4) is 0 Å². The number of nitrogens with zero attached hydrogens (tertiary/aromatic N) is 6. The third-order valence-electron chi connectivity index (χ3n) is 5.74. The molecular formula is C18H21N7O2SSi. The quantitative estimate of drug-likeness (QED) is 0.484. The molecule has 4 aromatic rings. The summed E-state index contributed by atoms with van der Waals surface area (Å²) in [5, 5.41) is 3.26. The van der Waals surface area contributed by atoms with Crippen molar-refractivity contribution in [2.45, 2.75) is 38.0 Å². The molecule has 0 amide bonds. The summed E-state index contributed by atoms with van der Waals surface area (Å²) in [7, 11) is -0.497. The molecule has 1 aliphatic heterocycles. The second-order valence-corrected chi connectivity index (χ2v) is 12.5. The Morgan fingerprint density at radius 2 is 2.07 bits per heavy atom. The van der Waals surface area contributed by atoms with Gasteiger partial charge < -0.3 is 10.1 Å². The normalized spacial score (nSPS) is 22.0. The first-order chi connectivity index (χ1) is 13.8. The number of imidazole rings is 1. The maximum absolute atomic E-state index is 12.9. The van der Waals surface area contributed by atoms with E-state index in [0.717, 1.165) is 34.7 Å². The molecule has 1 aliphatic rings. The molecular weight excluding hydrogens is 406 g/mol. The third-order valence-corrected chi connectivity index (χ3v) is 9.01. The Balaban J connectivity index is 1.58. The van der Waals surface area contributed by atoms with Gasteiger partial charge in [0.2, 0.25) is 5.95 Å². The highest BCUT2D eigenvalue weighted by molar-refractivity contribution is 7.00. The Kier molecular flexibility index (Phi) is 4.08. The van der Waals surface area contributed by atoms with E-state index in [4.69, 9.17) is 0 Å². The summed E-state index contributed by atoms with van der Waals surface area (Å²) in [4.78, 5) is 32.5. The van der Waals surface area contributed by atoms with Gasteiger partial charge in [-0.05, 0) is 49.7 Å². The summed E-state index contributed by atoms with van der Waals surface area (Å²) in [6.07, 6.45) is 2.48. The van der Waals surface area contributed by atoms with E-state index in [1.807, 2.05) is 25.6 Å². The zero-order chi connectivity index (χ0) is 20.3. The van der Waals surface area contributed by atoms with Gasteiger partial charge in [-0.15, -0.1) is 0 Å². The monoisotopic (exact) mass is 427 g/mol. The Labute approximate surface area is 171 Å². The van der Waals surface area contributed by atoms with E-state index >= 15 is 0 Å². The number of aryl methyl sites for hydroxylation is 2. The standard InChI is InChI=1S/C18H21N7O2SSi/c1-10-6-13-14(23-28-22-13)7-12(10)20-17-19-8-15-16(21-17)25(18(26)24(15)2)11-4-5-29(3,27)9-11/h6-8,11,27H,4-5,9H2,1-3H3,(H,19,20,21). The average Bonchev–Trinajstić information content (AvgIpc) is 3.33. The van der Waals surface area contributed by atoms with Gasteiger partial charge in [0, 0.05) is 18.8 Å². The highest BCUT2D eigenvalue weighted by Crippen LogP contribution is 2.37. The largest absolute Gasteiger partial charge is 0.432 e. The van der Waals surface area contributed by atoms with Crippen molar-refractivity contribution in [3.8, 4) is 0 Å². The minimum Gasteiger partial charge on any atom is -0.432 e. The number of hydrogen-bond donors (Lipinski definition) is 2. The molecule has 0 aliphatic carbocycles. The zero-order valence-corrected chi connectivity index (χ0v) is 18.2. The average molecular weight is 428 g/mol. The molecule has 29 heavy (non-hydrogen) atoms. The fraction of sp³-hybridized carbons (Fsp3) is 0.389. The van der Waals surface area contributed by atoms with Gasteiger partial charge >= 0.3 is 5.69 Å². The summed E-state index contributed by atoms with van der Waals surface area (Å²) in [6, 6.07) is 5.36. The van der Waals surface area contributed by atoms with Gasteiger partial charge in [-0.25, -0.2) is 9.78 Å². The number of benzene rings is 1. The Morgan fingerprint density at radius 1 is 1.31 bits per heavy atom. The van der Waals surface area contributed by atoms with Gasteiger partial charge in [-0.1, -0.05) is 0 Å². The van der Waals surface area contributed by atoms with Crippen molar-refractivity contribution in [3.63, 3.8) is 0 Å². The number of aromatic nitrogens is 6. The van der Waals surface area contributed by atoms with E-state index in [2.05, 4.69) is 24.0 Å². The Hall–Kier alpha value is -2.63. The topological polar surface area (TPSA) is 111 Å². The van der Waals surface area contributed by atoms with Crippen LogP contribution in [0.15, 0.2) is 23.1 Å². The maximum atomic E-state index is 12.9. The number of rotatable bonds is 3. The molecule has 11 heteroatoms. The molecule has 0 bridgehead atoms. The minimum absolute atomic E-state index is 0.0187. The lowest BCUT2D eigenvalue weighted by Gasteiger charge is -2.14. The lowest BCUT2D eigenvalue weighted by Crippen LogP contribution is -2.29. The molecule has 0 spiro atoms. The molecule has 0 radical (unpaired) electrons. The number of anilines is 2. The molecule has 2 unspecified atom stereocenters. The summed E-state index contributed by atoms with van der Waals surface area (Å²) in [5.41, 5.74) is 4.71. The maximum Gasteiger partial charge on any atom is 0.330 e. The predicted octanol–water partition coefficient (Wildman–Crippen LogP) is 2.70. The first kappa shape index (κ1) is 18.4. The summed E-state index contributed by atoms with van der Waals surface area (Å²) >= 11 is 1.18. The third kappa shape index (κ3) is 3.05. The van der Waals surface area contributed by atoms with Crippen LogP contribution >= 0.6 is 11.7 Å². The first-order valence-corrected chi connectivity index (χ1v) is 13.1. The lowest BCUT2D eigenvalue weighted by atomic mass is 10.2. The second-order valence-electron chi connectivity index (χ2n) is 8.05. The van der Waals surface area contributed by atoms with Crippen LogP contribution in [0.25, 0.3) is 22.2 Å². The van der Waals surface area contributed by atoms with Gasteiger partial charge in [0.05, 0.1) is 17.9 Å². The summed E-state index contributed by atoms with van der Waals surface area (Å²) < 4.78 is 11.9. The van der Waals surface area contributed by atoms with Crippen LogP contribution in [0, 0.1) is 6.92 Å². The molecule has 1 fully saturated rings. The van der Waals surface area contributed by atoms with E-state index in [0.29, 0.717) is 23.2 Å². The minimum atomic E-state index is -2.23. The van der Waals surface area contributed by atoms with E-state index in [-0.39, 0.29) is 11.7 Å². The summed E-state index contributed by atoms with van der Waals surface area (Å²) in [5.74, 6) is 0.421. The summed E-state index contributed by atoms with van der Waals surface area (Å²) in [6.45, 7) is 3.95. The van der Waals surface area contributed by atoms with E-state index in [1.54, 1.807) is 22.4 Å². The van der Waals surface area contributed by atoms with Crippen molar-refractivity contribution < 1.29 is 4.80 Å². The molecule has 2 atom stereocenters. The van der Waals surface area contributed by atoms with Crippen LogP contribution in [-0.4, -0.2) is 41.0 Å². The highest BCUT2D eigenvalue weighted by atomic mass is 32.1. The van der Waals surface area contributed by atoms with Gasteiger partial charge in [0.15, 0.2) is 14.0 Å². The first-order valence-electron chi connectivity index (χ1n) is 9.49. The van der Waals surface area contributed by atoms with Crippen LogP contribution in [-0.2, 0) is 7.05 Å². The van der Waals surface area contributed by atoms with Crippen LogP contribution < -0.4 is 11.0 Å². The zero-order valence-electron chi connectivity index (χ0n) is 16.4. The van der Waals surface area contributed by atoms with Crippen molar-refractivity contribution in [3.05, 3.63) is 34.4 Å². The molecule has 0 saturated carbocycles. The van der Waals surface area contributed by atoms with E-state index < -0.39 is 8.32 Å². The van der Waals surface area contributed by atoms with Gasteiger partial charge in [-0.3, -0.25) is 9.13 Å². The lowest BCUT2D eigenvalue weighted by molar-refractivity contribution is 0.520. The van der Waals surface area contributed by atoms with Gasteiger partial charge in [0.25, 0.3) is 0 Å². The predicted molar refractivity (Wildman–Crippen MR) is 115 cm³/mol. The van der Waals surface area contributed by atoms with E-state index in [1.165, 1.54) is 11.7 Å². The number of nitrogens with one attached hydrogen (secondary N) is 1. The molecule has 9 nitrogen and oxygen atoms in total. The van der Waals surface area contributed by atoms with Crippen LogP contribution in [0.4, 0.5) is 11.6 Å². The van der Waals surface area contributed by atoms with Crippen LogP contribution in [0.1, 0.15) is 18.0 Å². The molecule has 1 saturated heterocycles. The van der Waals surface area contributed by atoms with E-state index in [9.17, 15) is 9.59 Å². The van der Waals surface area contributed by atoms with Crippen molar-refractivity contribution in [1.82, 2.24) is 27.8 Å². The molecule has 5 rings (SSSR count). The van der Waals surface area contributed by atoms with Crippen molar-refractivity contribution >= 4 is 53.9 Å². The smallest absolute Gasteiger partial charge is 0.330 e. The molecule has 1 aromatic carbocycles. The highest BCUT2D eigenvalue weighted by Gasteiger charge is 2.38. The molecule has 3 aromatic heterocycles. The molecule has 4 heterocycles. The van der Waals surface area contributed by atoms with Crippen LogP contribution in [0.5, 0.6) is 0 Å². The fourth-order valence-corrected chi connectivity index (χ4v) is 7.20. The van der Waals surface area contributed by atoms with Crippen molar-refractivity contribution in [2.24, 2.45) is 7.05 Å². The second kappa shape index (κ2) is 6.44. The van der Waals surface area contributed by atoms with Crippen LogP contribution in [0.2, 0.25) is 18.6 Å². The Bertz CT molecular complexity index is 1310. The molecule has 2 N–H and O–H groups in total. The Morgan fingerprint density at radius 3 is 2.79 bits per heavy atom.